The van der Waals surface area contributed by atoms with Crippen molar-refractivity contribution in [1.29, 1.82) is 0 Å². The highest BCUT2D eigenvalue weighted by molar-refractivity contribution is 6.22. The maximum absolute atomic E-state index is 5.61. The third kappa shape index (κ3) is 2.16. The first-order valence-corrected chi connectivity index (χ1v) is 8.70. The predicted molar refractivity (Wildman–Crippen MR) is 109 cm³/mol. The molecule has 0 radical (unpaired) electrons. The number of hydrogen-bond acceptors (Lipinski definition) is 2. The zero-order valence-corrected chi connectivity index (χ0v) is 14.4. The van der Waals surface area contributed by atoms with Gasteiger partial charge in [-0.3, -0.25) is 0 Å². The maximum Gasteiger partial charge on any atom is 0.128 e. The number of fused-ring (bicyclic) bond motifs is 5. The van der Waals surface area contributed by atoms with Gasteiger partial charge in [-0.1, -0.05) is 66.7 Å². The Morgan fingerprint density at radius 2 is 1.38 bits per heavy atom. The van der Waals surface area contributed by atoms with E-state index < -0.39 is 0 Å². The molecule has 0 atom stereocenters. The lowest BCUT2D eigenvalue weighted by molar-refractivity contribution is 0.416. The summed E-state index contributed by atoms with van der Waals surface area (Å²) in [5.74, 6) is 0.838. The van der Waals surface area contributed by atoms with Crippen molar-refractivity contribution < 1.29 is 4.74 Å². The molecule has 0 spiro atoms. The average Bonchev–Trinajstić information content (AvgIpc) is 2.72. The number of benzene rings is 4. The van der Waals surface area contributed by atoms with Crippen molar-refractivity contribution in [3.63, 3.8) is 0 Å². The van der Waals surface area contributed by atoms with Gasteiger partial charge in [0.25, 0.3) is 0 Å². The lowest BCUT2D eigenvalue weighted by Gasteiger charge is -2.14. The van der Waals surface area contributed by atoms with Crippen LogP contribution in [0.4, 0.5) is 0 Å². The largest absolute Gasteiger partial charge is 0.496 e. The Hall–Kier alpha value is -3.39. The molecule has 1 aromatic heterocycles. The van der Waals surface area contributed by atoms with E-state index in [0.29, 0.717) is 0 Å². The van der Waals surface area contributed by atoms with Crippen molar-refractivity contribution in [3.05, 3.63) is 84.9 Å². The lowest BCUT2D eigenvalue weighted by Crippen LogP contribution is -1.93. The van der Waals surface area contributed by atoms with Gasteiger partial charge < -0.3 is 4.74 Å². The van der Waals surface area contributed by atoms with Crippen LogP contribution < -0.4 is 4.74 Å². The zero-order valence-electron chi connectivity index (χ0n) is 14.4. The molecule has 4 aromatic carbocycles. The van der Waals surface area contributed by atoms with Crippen LogP contribution in [0.25, 0.3) is 43.7 Å². The van der Waals surface area contributed by atoms with E-state index in [4.69, 9.17) is 9.72 Å². The van der Waals surface area contributed by atoms with Crippen molar-refractivity contribution in [2.24, 2.45) is 0 Å². The molecule has 124 valence electrons. The van der Waals surface area contributed by atoms with E-state index in [1.807, 2.05) is 24.3 Å². The normalized spacial score (nSPS) is 11.3. The average molecular weight is 335 g/mol. The fourth-order valence-corrected chi connectivity index (χ4v) is 3.77. The minimum Gasteiger partial charge on any atom is -0.496 e. The van der Waals surface area contributed by atoms with Gasteiger partial charge >= 0.3 is 0 Å². The van der Waals surface area contributed by atoms with Crippen LogP contribution in [0.1, 0.15) is 0 Å². The van der Waals surface area contributed by atoms with Gasteiger partial charge in [0.15, 0.2) is 0 Å². The molecule has 0 aliphatic heterocycles. The van der Waals surface area contributed by atoms with Crippen LogP contribution in [0.5, 0.6) is 5.75 Å². The first kappa shape index (κ1) is 14.9. The molecular formula is C24H17NO. The van der Waals surface area contributed by atoms with Crippen LogP contribution in [0.2, 0.25) is 0 Å². The van der Waals surface area contributed by atoms with Gasteiger partial charge in [0.2, 0.25) is 0 Å². The molecule has 0 aliphatic rings. The molecule has 2 heteroatoms. The first-order valence-electron chi connectivity index (χ1n) is 8.70. The molecule has 26 heavy (non-hydrogen) atoms. The second kappa shape index (κ2) is 5.85. The van der Waals surface area contributed by atoms with Crippen LogP contribution >= 0.6 is 0 Å². The van der Waals surface area contributed by atoms with Gasteiger partial charge in [-0.15, -0.1) is 0 Å². The zero-order chi connectivity index (χ0) is 17.5. The van der Waals surface area contributed by atoms with E-state index in [1.165, 1.54) is 21.5 Å². The molecule has 0 unspecified atom stereocenters. The fraction of sp³-hybridized carbons (Fsp3) is 0.0417. The molecule has 5 rings (SSSR count). The van der Waals surface area contributed by atoms with Crippen LogP contribution in [-0.4, -0.2) is 12.1 Å². The molecule has 1 heterocycles. The maximum atomic E-state index is 5.61. The molecule has 5 aromatic rings. The third-order valence-electron chi connectivity index (χ3n) is 4.95. The summed E-state index contributed by atoms with van der Waals surface area (Å²) < 4.78 is 5.61. The second-order valence-corrected chi connectivity index (χ2v) is 6.39. The molecule has 0 aliphatic carbocycles. The summed E-state index contributed by atoms with van der Waals surface area (Å²) in [5.41, 5.74) is 2.97. The predicted octanol–water partition coefficient (Wildman–Crippen LogP) is 6.22. The van der Waals surface area contributed by atoms with Gasteiger partial charge in [-0.2, -0.15) is 0 Å². The highest BCUT2D eigenvalue weighted by atomic mass is 16.5. The van der Waals surface area contributed by atoms with Gasteiger partial charge in [-0.05, 0) is 29.0 Å². The molecule has 0 amide bonds. The SMILES string of the molecule is COc1ccccc1-c1nc2ccccc2c2c1ccc1ccccc12. The second-order valence-electron chi connectivity index (χ2n) is 6.39. The highest BCUT2D eigenvalue weighted by Crippen LogP contribution is 2.39. The minimum atomic E-state index is 0.838. The number of nitrogens with zero attached hydrogens (tertiary/aromatic N) is 1. The van der Waals surface area contributed by atoms with Gasteiger partial charge in [0.1, 0.15) is 5.75 Å². The van der Waals surface area contributed by atoms with E-state index in [9.17, 15) is 0 Å². The Balaban J connectivity index is 2.03. The molecule has 0 saturated heterocycles. The molecule has 0 N–H and O–H groups in total. The topological polar surface area (TPSA) is 22.1 Å². The van der Waals surface area contributed by atoms with E-state index >= 15 is 0 Å². The Labute approximate surface area is 151 Å². The van der Waals surface area contributed by atoms with E-state index in [1.54, 1.807) is 7.11 Å². The van der Waals surface area contributed by atoms with Crippen molar-refractivity contribution in [3.8, 4) is 17.0 Å². The summed E-state index contributed by atoms with van der Waals surface area (Å²) in [6.45, 7) is 0. The summed E-state index contributed by atoms with van der Waals surface area (Å²) in [5, 5.41) is 6.06. The minimum absolute atomic E-state index is 0.838. The number of ether oxygens (including phenoxy) is 1. The van der Waals surface area contributed by atoms with Crippen molar-refractivity contribution >= 4 is 32.4 Å². The summed E-state index contributed by atoms with van der Waals surface area (Å²) in [4.78, 5) is 5.01. The quantitative estimate of drug-likeness (QED) is 0.357. The van der Waals surface area contributed by atoms with Gasteiger partial charge in [0.05, 0.1) is 18.3 Å². The number of rotatable bonds is 2. The number of methoxy groups -OCH3 is 1. The molecule has 0 fully saturated rings. The van der Waals surface area contributed by atoms with Crippen LogP contribution in [0.3, 0.4) is 0 Å². The summed E-state index contributed by atoms with van der Waals surface area (Å²) >= 11 is 0. The van der Waals surface area contributed by atoms with Crippen molar-refractivity contribution in [2.45, 2.75) is 0 Å². The Morgan fingerprint density at radius 3 is 2.27 bits per heavy atom. The molecule has 0 bridgehead atoms. The Kier molecular flexibility index (Phi) is 3.36. The number of pyridine rings is 1. The summed E-state index contributed by atoms with van der Waals surface area (Å²) in [6, 6.07) is 29.3. The van der Waals surface area contributed by atoms with Gasteiger partial charge in [0, 0.05) is 21.7 Å². The molecule has 2 nitrogen and oxygen atoms in total. The van der Waals surface area contributed by atoms with Gasteiger partial charge in [-0.25, -0.2) is 4.98 Å². The van der Waals surface area contributed by atoms with Crippen LogP contribution in [-0.2, 0) is 0 Å². The number of para-hydroxylation sites is 2. The van der Waals surface area contributed by atoms with Crippen molar-refractivity contribution in [1.82, 2.24) is 4.98 Å². The monoisotopic (exact) mass is 335 g/mol. The first-order chi connectivity index (χ1) is 12.9. The standard InChI is InChI=1S/C24H17NO/c1-26-22-13-7-5-11-19(22)24-20-15-14-16-8-2-3-9-17(16)23(20)18-10-4-6-12-21(18)25-24/h2-15H,1H3. The number of hydrogen-bond donors (Lipinski definition) is 0. The third-order valence-corrected chi connectivity index (χ3v) is 4.95. The Bertz CT molecular complexity index is 1260. The Morgan fingerprint density at radius 1 is 0.654 bits per heavy atom. The lowest BCUT2D eigenvalue weighted by atomic mass is 9.95. The van der Waals surface area contributed by atoms with Crippen molar-refractivity contribution in [2.75, 3.05) is 7.11 Å². The highest BCUT2D eigenvalue weighted by Gasteiger charge is 2.15. The summed E-state index contributed by atoms with van der Waals surface area (Å²) in [7, 11) is 1.71. The van der Waals surface area contributed by atoms with Crippen LogP contribution in [0, 0.1) is 0 Å². The smallest absolute Gasteiger partial charge is 0.128 e. The summed E-state index contributed by atoms with van der Waals surface area (Å²) in [6.07, 6.45) is 0. The number of aromatic nitrogens is 1. The van der Waals surface area contributed by atoms with Crippen LogP contribution in [0.15, 0.2) is 84.9 Å². The van der Waals surface area contributed by atoms with E-state index in [-0.39, 0.29) is 0 Å². The van der Waals surface area contributed by atoms with E-state index in [0.717, 1.165) is 27.9 Å². The molecular weight excluding hydrogens is 318 g/mol. The molecule has 0 saturated carbocycles. The fourth-order valence-electron chi connectivity index (χ4n) is 3.77. The van der Waals surface area contributed by atoms with E-state index in [2.05, 4.69) is 60.7 Å².